The van der Waals surface area contributed by atoms with E-state index in [4.69, 9.17) is 5.26 Å². The smallest absolute Gasteiger partial charge is 0.266 e. The molecule has 1 aliphatic carbocycles. The van der Waals surface area contributed by atoms with Crippen LogP contribution in [-0.4, -0.2) is 34.9 Å². The third-order valence-corrected chi connectivity index (χ3v) is 5.48. The van der Waals surface area contributed by atoms with Crippen molar-refractivity contribution in [1.82, 2.24) is 9.97 Å². The molecule has 0 radical (unpaired) electrons. The highest BCUT2D eigenvalue weighted by atomic mass is 32.1. The van der Waals surface area contributed by atoms with Gasteiger partial charge in [0, 0.05) is 25.1 Å². The van der Waals surface area contributed by atoms with Crippen LogP contribution in [0, 0.1) is 23.2 Å². The van der Waals surface area contributed by atoms with E-state index in [-0.39, 0.29) is 18.4 Å². The van der Waals surface area contributed by atoms with Gasteiger partial charge in [-0.3, -0.25) is 4.79 Å². The van der Waals surface area contributed by atoms with Gasteiger partial charge in [-0.25, -0.2) is 18.7 Å². The van der Waals surface area contributed by atoms with E-state index in [1.807, 2.05) is 6.07 Å². The number of aromatic nitrogens is 2. The van der Waals surface area contributed by atoms with Gasteiger partial charge in [-0.2, -0.15) is 5.26 Å². The summed E-state index contributed by atoms with van der Waals surface area (Å²) in [6, 6.07) is 3.62. The van der Waals surface area contributed by atoms with Crippen LogP contribution in [-0.2, 0) is 4.79 Å². The van der Waals surface area contributed by atoms with Crippen molar-refractivity contribution < 1.29 is 13.6 Å². The van der Waals surface area contributed by atoms with Crippen molar-refractivity contribution in [3.05, 3.63) is 12.3 Å². The van der Waals surface area contributed by atoms with Gasteiger partial charge in [-0.05, 0) is 18.9 Å². The first-order valence-corrected chi connectivity index (χ1v) is 8.85. The zero-order chi connectivity index (χ0) is 17.6. The lowest BCUT2D eigenvalue weighted by molar-refractivity contribution is -0.117. The standard InChI is InChI=1S/C16H15F2N5OS/c17-16(18)5-9(6-19)7-23(8-16)15-21-11-3-4-20-13(12(11)25-15)22-14(24)10-1-2-10/h3-4,9-10H,1-2,5,7-8H2,(H,20,22,24)/t9-/m0/s1. The van der Waals surface area contributed by atoms with Gasteiger partial charge in [0.15, 0.2) is 10.9 Å². The Morgan fingerprint density at radius 2 is 2.28 bits per heavy atom. The molecule has 1 saturated carbocycles. The van der Waals surface area contributed by atoms with Gasteiger partial charge >= 0.3 is 0 Å². The maximum Gasteiger partial charge on any atom is 0.266 e. The summed E-state index contributed by atoms with van der Waals surface area (Å²) in [4.78, 5) is 22.0. The van der Waals surface area contributed by atoms with E-state index in [9.17, 15) is 13.6 Å². The Hall–Kier alpha value is -2.34. The number of piperidine rings is 1. The molecule has 0 bridgehead atoms. The number of amides is 1. The van der Waals surface area contributed by atoms with E-state index in [0.717, 1.165) is 12.8 Å². The molecule has 2 aromatic heterocycles. The summed E-state index contributed by atoms with van der Waals surface area (Å²) in [5.41, 5.74) is 0.600. The number of rotatable bonds is 3. The molecule has 1 aliphatic heterocycles. The molecule has 2 aromatic rings. The predicted molar refractivity (Wildman–Crippen MR) is 89.6 cm³/mol. The van der Waals surface area contributed by atoms with Crippen molar-refractivity contribution in [3.8, 4) is 6.07 Å². The van der Waals surface area contributed by atoms with E-state index < -0.39 is 24.8 Å². The third-order valence-electron chi connectivity index (χ3n) is 4.34. The fraction of sp³-hybridized carbons (Fsp3) is 0.500. The highest BCUT2D eigenvalue weighted by molar-refractivity contribution is 7.22. The van der Waals surface area contributed by atoms with Crippen LogP contribution >= 0.6 is 11.3 Å². The summed E-state index contributed by atoms with van der Waals surface area (Å²) in [7, 11) is 0. The number of hydrogen-bond donors (Lipinski definition) is 1. The minimum absolute atomic E-state index is 0.0432. The zero-order valence-corrected chi connectivity index (χ0v) is 14.0. The number of halogens is 2. The number of thiazole rings is 1. The van der Waals surface area contributed by atoms with Gasteiger partial charge in [0.05, 0.1) is 28.7 Å². The Bertz CT molecular complexity index is 873. The molecule has 2 aliphatic rings. The van der Waals surface area contributed by atoms with Gasteiger partial charge < -0.3 is 10.2 Å². The molecule has 2 fully saturated rings. The normalized spacial score (nSPS) is 22.6. The summed E-state index contributed by atoms with van der Waals surface area (Å²) in [6.45, 7) is -0.231. The van der Waals surface area contributed by atoms with E-state index in [0.29, 0.717) is 21.2 Å². The molecule has 0 aromatic carbocycles. The molecule has 1 atom stereocenters. The van der Waals surface area contributed by atoms with Crippen molar-refractivity contribution in [2.24, 2.45) is 11.8 Å². The number of carbonyl (C=O) groups is 1. The molecule has 130 valence electrons. The average molecular weight is 363 g/mol. The summed E-state index contributed by atoms with van der Waals surface area (Å²) in [5.74, 6) is -3.26. The van der Waals surface area contributed by atoms with Crippen LogP contribution in [0.2, 0.25) is 0 Å². The summed E-state index contributed by atoms with van der Waals surface area (Å²) >= 11 is 1.21. The minimum Gasteiger partial charge on any atom is -0.341 e. The monoisotopic (exact) mass is 363 g/mol. The second-order valence-electron chi connectivity index (χ2n) is 6.53. The number of anilines is 2. The first-order chi connectivity index (χ1) is 11.9. The van der Waals surface area contributed by atoms with Crippen LogP contribution in [0.25, 0.3) is 10.2 Å². The Balaban J connectivity index is 1.64. The minimum atomic E-state index is -2.92. The summed E-state index contributed by atoms with van der Waals surface area (Å²) in [6.07, 6.45) is 2.88. The van der Waals surface area contributed by atoms with Gasteiger partial charge in [0.1, 0.15) is 0 Å². The van der Waals surface area contributed by atoms with E-state index in [1.165, 1.54) is 22.4 Å². The number of fused-ring (bicyclic) bond motifs is 1. The van der Waals surface area contributed by atoms with Crippen LogP contribution in [0.1, 0.15) is 19.3 Å². The third kappa shape index (κ3) is 3.26. The van der Waals surface area contributed by atoms with E-state index in [1.54, 1.807) is 6.07 Å². The molecule has 0 spiro atoms. The average Bonchev–Trinajstić information content (AvgIpc) is 3.32. The molecule has 1 saturated heterocycles. The van der Waals surface area contributed by atoms with Gasteiger partial charge in [-0.15, -0.1) is 0 Å². The van der Waals surface area contributed by atoms with Crippen molar-refractivity contribution in [2.45, 2.75) is 25.2 Å². The number of pyridine rings is 1. The number of nitrogens with zero attached hydrogens (tertiary/aromatic N) is 4. The maximum atomic E-state index is 13.9. The van der Waals surface area contributed by atoms with Crippen molar-refractivity contribution >= 4 is 38.4 Å². The van der Waals surface area contributed by atoms with Gasteiger partial charge in [0.2, 0.25) is 5.91 Å². The number of nitriles is 1. The van der Waals surface area contributed by atoms with E-state index >= 15 is 0 Å². The molecule has 0 unspecified atom stereocenters. The molecule has 9 heteroatoms. The van der Waals surface area contributed by atoms with Gasteiger partial charge in [0.25, 0.3) is 5.92 Å². The van der Waals surface area contributed by atoms with Crippen LogP contribution < -0.4 is 10.2 Å². The molecule has 6 nitrogen and oxygen atoms in total. The zero-order valence-electron chi connectivity index (χ0n) is 13.2. The molecule has 4 rings (SSSR count). The quantitative estimate of drug-likeness (QED) is 0.906. The Kier molecular flexibility index (Phi) is 3.80. The molecular formula is C16H15F2N5OS. The fourth-order valence-electron chi connectivity index (χ4n) is 2.96. The number of alkyl halides is 2. The fourth-order valence-corrected chi connectivity index (χ4v) is 3.98. The number of nitrogens with one attached hydrogen (secondary N) is 1. The molecule has 1 amide bonds. The topological polar surface area (TPSA) is 81.9 Å². The number of hydrogen-bond acceptors (Lipinski definition) is 6. The summed E-state index contributed by atoms with van der Waals surface area (Å²) in [5, 5.41) is 12.3. The predicted octanol–water partition coefficient (Wildman–Crippen LogP) is 3.02. The Morgan fingerprint density at radius 3 is 3.00 bits per heavy atom. The van der Waals surface area contributed by atoms with Crippen molar-refractivity contribution in [1.29, 1.82) is 5.26 Å². The van der Waals surface area contributed by atoms with E-state index in [2.05, 4.69) is 15.3 Å². The lowest BCUT2D eigenvalue weighted by Crippen LogP contribution is -2.46. The van der Waals surface area contributed by atoms with Crippen LogP contribution in [0.5, 0.6) is 0 Å². The largest absolute Gasteiger partial charge is 0.341 e. The Morgan fingerprint density at radius 1 is 1.48 bits per heavy atom. The van der Waals surface area contributed by atoms with Crippen LogP contribution in [0.15, 0.2) is 12.3 Å². The molecule has 1 N–H and O–H groups in total. The van der Waals surface area contributed by atoms with Crippen LogP contribution in [0.3, 0.4) is 0 Å². The highest BCUT2D eigenvalue weighted by Crippen LogP contribution is 2.38. The van der Waals surface area contributed by atoms with Crippen molar-refractivity contribution in [2.75, 3.05) is 23.3 Å². The maximum absolute atomic E-state index is 13.9. The molecule has 3 heterocycles. The number of carbonyl (C=O) groups excluding carboxylic acids is 1. The second-order valence-corrected chi connectivity index (χ2v) is 7.51. The lowest BCUT2D eigenvalue weighted by Gasteiger charge is -2.34. The highest BCUT2D eigenvalue weighted by Gasteiger charge is 2.41. The molecule has 25 heavy (non-hydrogen) atoms. The SMILES string of the molecule is N#C[C@H]1CN(c2nc3ccnc(NC(=O)C4CC4)c3s2)CC(F)(F)C1. The Labute approximate surface area is 146 Å². The molecular weight excluding hydrogens is 348 g/mol. The van der Waals surface area contributed by atoms with Gasteiger partial charge in [-0.1, -0.05) is 11.3 Å². The lowest BCUT2D eigenvalue weighted by atomic mass is 9.97. The summed E-state index contributed by atoms with van der Waals surface area (Å²) < 4.78 is 28.5. The van der Waals surface area contributed by atoms with Crippen molar-refractivity contribution in [3.63, 3.8) is 0 Å². The van der Waals surface area contributed by atoms with Crippen LogP contribution in [0.4, 0.5) is 19.7 Å². The first kappa shape index (κ1) is 16.1. The second kappa shape index (κ2) is 5.88. The first-order valence-electron chi connectivity index (χ1n) is 8.04.